The highest BCUT2D eigenvalue weighted by molar-refractivity contribution is 7.92. The van der Waals surface area contributed by atoms with Gasteiger partial charge < -0.3 is 0 Å². The summed E-state index contributed by atoms with van der Waals surface area (Å²) in [5.74, 6) is 0. The lowest BCUT2D eigenvalue weighted by molar-refractivity contribution is 0.601. The molecule has 0 amide bonds. The van der Waals surface area contributed by atoms with Gasteiger partial charge in [-0.1, -0.05) is 66.2 Å². The summed E-state index contributed by atoms with van der Waals surface area (Å²) in [5, 5.41) is 4.57. The Labute approximate surface area is 164 Å². The molecule has 3 aromatic carbocycles. The monoisotopic (exact) mass is 389 g/mol. The van der Waals surface area contributed by atoms with Gasteiger partial charge in [0.05, 0.1) is 11.9 Å². The molecule has 0 aliphatic rings. The molecular weight excluding hydrogens is 370 g/mol. The molecule has 0 atom stereocenters. The maximum Gasteiger partial charge on any atom is 0.265 e. The summed E-state index contributed by atoms with van der Waals surface area (Å²) in [7, 11) is -3.83. The number of sulfonamides is 1. The molecule has 0 fully saturated rings. The maximum atomic E-state index is 13.2. The van der Waals surface area contributed by atoms with Gasteiger partial charge in [0, 0.05) is 11.3 Å². The van der Waals surface area contributed by atoms with Crippen LogP contribution in [0.5, 0.6) is 0 Å². The summed E-state index contributed by atoms with van der Waals surface area (Å²) >= 11 is 0. The van der Waals surface area contributed by atoms with Crippen LogP contribution in [0.15, 0.2) is 96.0 Å². The summed E-state index contributed by atoms with van der Waals surface area (Å²) in [6, 6.07) is 26.0. The van der Waals surface area contributed by atoms with Crippen LogP contribution in [0.3, 0.4) is 0 Å². The van der Waals surface area contributed by atoms with Gasteiger partial charge in [-0.25, -0.2) is 13.1 Å². The molecule has 1 heterocycles. The zero-order chi connectivity index (χ0) is 19.6. The third-order valence-corrected chi connectivity index (χ3v) is 5.72. The zero-order valence-corrected chi connectivity index (χ0v) is 16.1. The van der Waals surface area contributed by atoms with Gasteiger partial charge in [0.25, 0.3) is 10.0 Å². The molecule has 6 heteroatoms. The van der Waals surface area contributed by atoms with Crippen LogP contribution >= 0.6 is 0 Å². The fourth-order valence-electron chi connectivity index (χ4n) is 2.90. The van der Waals surface area contributed by atoms with E-state index in [1.54, 1.807) is 23.0 Å². The SMILES string of the molecule is Cc1ccc(NS(=O)(=O)c2cn(-c3ccccc3)nc2-c2ccccc2)cc1. The summed E-state index contributed by atoms with van der Waals surface area (Å²) in [4.78, 5) is 0.128. The third-order valence-electron chi connectivity index (χ3n) is 4.34. The normalized spacial score (nSPS) is 11.3. The number of nitrogens with one attached hydrogen (secondary N) is 1. The van der Waals surface area contributed by atoms with Crippen molar-refractivity contribution in [1.82, 2.24) is 9.78 Å². The second-order valence-electron chi connectivity index (χ2n) is 6.46. The number of hydrogen-bond donors (Lipinski definition) is 1. The van der Waals surface area contributed by atoms with Gasteiger partial charge in [0.2, 0.25) is 0 Å². The predicted octanol–water partition coefficient (Wildman–Crippen LogP) is 4.65. The van der Waals surface area contributed by atoms with Crippen molar-refractivity contribution in [2.45, 2.75) is 11.8 Å². The van der Waals surface area contributed by atoms with Gasteiger partial charge in [-0.3, -0.25) is 4.72 Å². The van der Waals surface area contributed by atoms with E-state index in [4.69, 9.17) is 0 Å². The Morgan fingerprint density at radius 3 is 2.07 bits per heavy atom. The van der Waals surface area contributed by atoms with Gasteiger partial charge in [-0.15, -0.1) is 0 Å². The number of aromatic nitrogens is 2. The van der Waals surface area contributed by atoms with Crippen molar-refractivity contribution in [3.63, 3.8) is 0 Å². The smallest absolute Gasteiger partial charge is 0.265 e. The summed E-state index contributed by atoms with van der Waals surface area (Å²) < 4.78 is 30.6. The van der Waals surface area contributed by atoms with Crippen molar-refractivity contribution < 1.29 is 8.42 Å². The van der Waals surface area contributed by atoms with E-state index in [1.807, 2.05) is 79.7 Å². The summed E-state index contributed by atoms with van der Waals surface area (Å²) in [5.41, 5.74) is 3.50. The molecule has 1 aromatic heterocycles. The maximum absolute atomic E-state index is 13.2. The number of para-hydroxylation sites is 1. The second kappa shape index (κ2) is 7.32. The number of benzene rings is 3. The molecule has 0 aliphatic carbocycles. The van der Waals surface area contributed by atoms with Crippen LogP contribution in [0.2, 0.25) is 0 Å². The number of nitrogens with zero attached hydrogens (tertiary/aromatic N) is 2. The van der Waals surface area contributed by atoms with Gasteiger partial charge in [0.15, 0.2) is 0 Å². The standard InChI is InChI=1S/C22H19N3O2S/c1-17-12-14-19(15-13-17)24-28(26,27)21-16-25(20-10-6-3-7-11-20)23-22(21)18-8-4-2-5-9-18/h2-16,24H,1H3. The second-order valence-corrected chi connectivity index (χ2v) is 8.11. The Hall–Kier alpha value is -3.38. The highest BCUT2D eigenvalue weighted by Crippen LogP contribution is 2.28. The van der Waals surface area contributed by atoms with E-state index in [0.717, 1.165) is 16.8 Å². The van der Waals surface area contributed by atoms with Crippen LogP contribution in [-0.4, -0.2) is 18.2 Å². The Balaban J connectivity index is 1.82. The molecule has 0 aliphatic heterocycles. The topological polar surface area (TPSA) is 64.0 Å². The fraction of sp³-hybridized carbons (Fsp3) is 0.0455. The number of hydrogen-bond acceptors (Lipinski definition) is 3. The molecule has 4 aromatic rings. The molecule has 5 nitrogen and oxygen atoms in total. The van der Waals surface area contributed by atoms with Crippen LogP contribution < -0.4 is 4.72 Å². The van der Waals surface area contributed by atoms with Crippen LogP contribution in [0.4, 0.5) is 5.69 Å². The first-order valence-corrected chi connectivity index (χ1v) is 10.3. The van der Waals surface area contributed by atoms with E-state index in [9.17, 15) is 8.42 Å². The third kappa shape index (κ3) is 3.68. The molecule has 1 N–H and O–H groups in total. The minimum Gasteiger partial charge on any atom is -0.280 e. The lowest BCUT2D eigenvalue weighted by Crippen LogP contribution is -2.13. The summed E-state index contributed by atoms with van der Waals surface area (Å²) in [6.07, 6.45) is 1.55. The Kier molecular flexibility index (Phi) is 4.71. The van der Waals surface area contributed by atoms with E-state index in [1.165, 1.54) is 0 Å². The molecule has 0 saturated carbocycles. The van der Waals surface area contributed by atoms with Crippen molar-refractivity contribution >= 4 is 15.7 Å². The average molecular weight is 389 g/mol. The highest BCUT2D eigenvalue weighted by atomic mass is 32.2. The van der Waals surface area contributed by atoms with E-state index in [2.05, 4.69) is 9.82 Å². The minimum atomic E-state index is -3.83. The van der Waals surface area contributed by atoms with Crippen molar-refractivity contribution in [1.29, 1.82) is 0 Å². The molecule has 28 heavy (non-hydrogen) atoms. The lowest BCUT2D eigenvalue weighted by atomic mass is 10.2. The molecule has 4 rings (SSSR count). The van der Waals surface area contributed by atoms with Crippen LogP contribution in [0.1, 0.15) is 5.56 Å². The van der Waals surface area contributed by atoms with Gasteiger partial charge >= 0.3 is 0 Å². The molecule has 0 bridgehead atoms. The van der Waals surface area contributed by atoms with Crippen molar-refractivity contribution in [2.75, 3.05) is 4.72 Å². The Morgan fingerprint density at radius 1 is 0.821 bits per heavy atom. The Bertz CT molecular complexity index is 1180. The molecule has 140 valence electrons. The highest BCUT2D eigenvalue weighted by Gasteiger charge is 2.24. The van der Waals surface area contributed by atoms with Gasteiger partial charge in [-0.05, 0) is 31.2 Å². The van der Waals surface area contributed by atoms with Crippen molar-refractivity contribution in [3.05, 3.63) is 96.7 Å². The minimum absolute atomic E-state index is 0.128. The summed E-state index contributed by atoms with van der Waals surface area (Å²) in [6.45, 7) is 1.95. The van der Waals surface area contributed by atoms with E-state index >= 15 is 0 Å². The van der Waals surface area contributed by atoms with Crippen LogP contribution in [0.25, 0.3) is 16.9 Å². The predicted molar refractivity (Wildman–Crippen MR) is 111 cm³/mol. The molecule has 0 spiro atoms. The first-order valence-electron chi connectivity index (χ1n) is 8.83. The van der Waals surface area contributed by atoms with Gasteiger partial charge in [-0.2, -0.15) is 5.10 Å². The fourth-order valence-corrected chi connectivity index (χ4v) is 4.10. The first-order chi connectivity index (χ1) is 13.5. The quantitative estimate of drug-likeness (QED) is 0.540. The Morgan fingerprint density at radius 2 is 1.43 bits per heavy atom. The lowest BCUT2D eigenvalue weighted by Gasteiger charge is -2.08. The van der Waals surface area contributed by atoms with E-state index in [0.29, 0.717) is 11.4 Å². The zero-order valence-electron chi connectivity index (χ0n) is 15.3. The van der Waals surface area contributed by atoms with Crippen LogP contribution in [0, 0.1) is 6.92 Å². The van der Waals surface area contributed by atoms with Gasteiger partial charge in [0.1, 0.15) is 10.6 Å². The number of aryl methyl sites for hydroxylation is 1. The largest absolute Gasteiger partial charge is 0.280 e. The molecular formula is C22H19N3O2S. The molecule has 0 radical (unpaired) electrons. The van der Waals surface area contributed by atoms with Crippen LogP contribution in [-0.2, 0) is 10.0 Å². The van der Waals surface area contributed by atoms with Crippen molar-refractivity contribution in [2.24, 2.45) is 0 Å². The average Bonchev–Trinajstić information content (AvgIpc) is 3.18. The molecule has 0 saturated heterocycles. The van der Waals surface area contributed by atoms with Crippen molar-refractivity contribution in [3.8, 4) is 16.9 Å². The molecule has 0 unspecified atom stereocenters. The van der Waals surface area contributed by atoms with E-state index < -0.39 is 10.0 Å². The number of rotatable bonds is 5. The van der Waals surface area contributed by atoms with E-state index in [-0.39, 0.29) is 4.90 Å². The number of anilines is 1. The first kappa shape index (κ1) is 18.0.